The topological polar surface area (TPSA) is 26.3 Å². The number of ether oxygens (including phenoxy) is 1. The van der Waals surface area contributed by atoms with E-state index in [4.69, 9.17) is 4.74 Å². The predicted octanol–water partition coefficient (Wildman–Crippen LogP) is 1.72. The molecule has 1 aliphatic carbocycles. The number of allylic oxidation sites excluding steroid dienone is 2. The summed E-state index contributed by atoms with van der Waals surface area (Å²) in [4.78, 5) is 11.2. The van der Waals surface area contributed by atoms with E-state index < -0.39 is 0 Å². The molecule has 0 aromatic carbocycles. The van der Waals surface area contributed by atoms with Crippen LogP contribution in [0.3, 0.4) is 0 Å². The number of carbonyl (C=O) groups is 1. The molecule has 1 aliphatic rings. The Kier molecular flexibility index (Phi) is 2.03. The van der Waals surface area contributed by atoms with E-state index in [2.05, 4.69) is 0 Å². The van der Waals surface area contributed by atoms with Crippen LogP contribution in [0.4, 0.5) is 0 Å². The molecule has 2 nitrogen and oxygen atoms in total. The molecule has 0 atom stereocenters. The van der Waals surface area contributed by atoms with Crippen LogP contribution < -0.4 is 0 Å². The maximum Gasteiger partial charge on any atom is 0.201 e. The fourth-order valence-electron chi connectivity index (χ4n) is 1.13. The molecule has 2 heteroatoms. The number of methoxy groups -OCH3 is 1. The SMILES string of the molecule is COC1=CCC(C)(C)[CH]C1=O. The Morgan fingerprint density at radius 3 is 2.64 bits per heavy atom. The Morgan fingerprint density at radius 2 is 2.18 bits per heavy atom. The lowest BCUT2D eigenvalue weighted by molar-refractivity contribution is -0.116. The van der Waals surface area contributed by atoms with Crippen molar-refractivity contribution in [3.05, 3.63) is 18.3 Å². The van der Waals surface area contributed by atoms with Gasteiger partial charge < -0.3 is 4.74 Å². The first kappa shape index (κ1) is 8.31. The number of hydrogen-bond donors (Lipinski definition) is 0. The summed E-state index contributed by atoms with van der Waals surface area (Å²) in [6.45, 7) is 4.07. The zero-order valence-corrected chi connectivity index (χ0v) is 7.18. The van der Waals surface area contributed by atoms with Gasteiger partial charge in [0.1, 0.15) is 0 Å². The van der Waals surface area contributed by atoms with Crippen LogP contribution in [-0.2, 0) is 9.53 Å². The molecule has 0 aromatic rings. The summed E-state index contributed by atoms with van der Waals surface area (Å²) in [5.74, 6) is 0.480. The Balaban J connectivity index is 2.76. The average Bonchev–Trinajstić information content (AvgIpc) is 1.86. The first-order valence-corrected chi connectivity index (χ1v) is 3.69. The van der Waals surface area contributed by atoms with Crippen molar-refractivity contribution in [2.24, 2.45) is 5.41 Å². The summed E-state index contributed by atoms with van der Waals surface area (Å²) in [5.41, 5.74) is -0.000880. The third kappa shape index (κ3) is 1.82. The Hall–Kier alpha value is -0.790. The van der Waals surface area contributed by atoms with E-state index in [1.165, 1.54) is 7.11 Å². The molecule has 0 N–H and O–H groups in total. The highest BCUT2D eigenvalue weighted by Gasteiger charge is 2.28. The minimum Gasteiger partial charge on any atom is -0.493 e. The summed E-state index contributed by atoms with van der Waals surface area (Å²) >= 11 is 0. The standard InChI is InChI=1S/C9H13O2/c1-9(2)5-4-8(11-3)7(10)6-9/h4,6H,5H2,1-3H3. The van der Waals surface area contributed by atoms with Crippen molar-refractivity contribution in [1.29, 1.82) is 0 Å². The molecule has 0 saturated heterocycles. The molecule has 0 saturated carbocycles. The van der Waals surface area contributed by atoms with E-state index in [-0.39, 0.29) is 11.2 Å². The number of hydrogen-bond acceptors (Lipinski definition) is 2. The van der Waals surface area contributed by atoms with Crippen LogP contribution in [0.2, 0.25) is 0 Å². The highest BCUT2D eigenvalue weighted by Crippen LogP contribution is 2.31. The Morgan fingerprint density at radius 1 is 1.55 bits per heavy atom. The van der Waals surface area contributed by atoms with Crippen LogP contribution >= 0.6 is 0 Å². The third-order valence-corrected chi connectivity index (χ3v) is 1.80. The van der Waals surface area contributed by atoms with Crippen molar-refractivity contribution in [3.8, 4) is 0 Å². The number of rotatable bonds is 1. The molecule has 11 heavy (non-hydrogen) atoms. The van der Waals surface area contributed by atoms with Crippen LogP contribution in [0.1, 0.15) is 20.3 Å². The molecule has 0 unspecified atom stereocenters. The molecule has 61 valence electrons. The maximum absolute atomic E-state index is 11.2. The van der Waals surface area contributed by atoms with E-state index in [1.807, 2.05) is 19.9 Å². The molecule has 0 bridgehead atoms. The Bertz CT molecular complexity index is 202. The second kappa shape index (κ2) is 2.68. The van der Waals surface area contributed by atoms with E-state index in [1.54, 1.807) is 6.42 Å². The average molecular weight is 153 g/mol. The summed E-state index contributed by atoms with van der Waals surface area (Å²) in [7, 11) is 1.52. The highest BCUT2D eigenvalue weighted by molar-refractivity contribution is 6.01. The molecule has 1 rings (SSSR count). The van der Waals surface area contributed by atoms with Gasteiger partial charge in [-0.1, -0.05) is 13.8 Å². The normalized spacial score (nSPS) is 22.8. The first-order chi connectivity index (χ1) is 5.05. The highest BCUT2D eigenvalue weighted by atomic mass is 16.5. The largest absolute Gasteiger partial charge is 0.493 e. The summed E-state index contributed by atoms with van der Waals surface area (Å²) in [6, 6.07) is 0. The third-order valence-electron chi connectivity index (χ3n) is 1.80. The molecule has 0 aliphatic heterocycles. The van der Waals surface area contributed by atoms with E-state index in [9.17, 15) is 4.79 Å². The van der Waals surface area contributed by atoms with Crippen LogP contribution in [0.15, 0.2) is 11.8 Å². The van der Waals surface area contributed by atoms with Crippen molar-refractivity contribution in [3.63, 3.8) is 0 Å². The minimum absolute atomic E-state index is 0.000880. The predicted molar refractivity (Wildman–Crippen MR) is 42.8 cm³/mol. The Labute approximate surface area is 67.2 Å². The minimum atomic E-state index is -0.000880. The zero-order chi connectivity index (χ0) is 8.48. The lowest BCUT2D eigenvalue weighted by Gasteiger charge is -2.25. The van der Waals surface area contributed by atoms with Gasteiger partial charge in [0.15, 0.2) is 5.76 Å². The van der Waals surface area contributed by atoms with Gasteiger partial charge in [0.2, 0.25) is 5.78 Å². The van der Waals surface area contributed by atoms with Crippen LogP contribution in [0.25, 0.3) is 0 Å². The molecule has 0 amide bonds. The second-order valence-electron chi connectivity index (χ2n) is 3.47. The fraction of sp³-hybridized carbons (Fsp3) is 0.556. The van der Waals surface area contributed by atoms with Crippen LogP contribution in [0.5, 0.6) is 0 Å². The van der Waals surface area contributed by atoms with Gasteiger partial charge in [-0.3, -0.25) is 4.79 Å². The molecular weight excluding hydrogens is 140 g/mol. The van der Waals surface area contributed by atoms with Gasteiger partial charge in [0.25, 0.3) is 0 Å². The van der Waals surface area contributed by atoms with E-state index in [0.29, 0.717) is 5.76 Å². The molecule has 0 aromatic heterocycles. The van der Waals surface area contributed by atoms with Gasteiger partial charge in [0.05, 0.1) is 7.11 Å². The van der Waals surface area contributed by atoms with E-state index in [0.717, 1.165) is 6.42 Å². The maximum atomic E-state index is 11.2. The number of ketones is 1. The summed E-state index contributed by atoms with van der Waals surface area (Å²) in [6.07, 6.45) is 4.44. The zero-order valence-electron chi connectivity index (χ0n) is 7.18. The van der Waals surface area contributed by atoms with Gasteiger partial charge in [-0.05, 0) is 17.9 Å². The van der Waals surface area contributed by atoms with Gasteiger partial charge in [-0.2, -0.15) is 0 Å². The van der Waals surface area contributed by atoms with Crippen molar-refractivity contribution in [2.45, 2.75) is 20.3 Å². The van der Waals surface area contributed by atoms with Crippen LogP contribution in [0, 0.1) is 11.8 Å². The summed E-state index contributed by atoms with van der Waals surface area (Å²) < 4.78 is 4.88. The van der Waals surface area contributed by atoms with Gasteiger partial charge in [-0.15, -0.1) is 0 Å². The van der Waals surface area contributed by atoms with Crippen molar-refractivity contribution in [1.82, 2.24) is 0 Å². The smallest absolute Gasteiger partial charge is 0.201 e. The quantitative estimate of drug-likeness (QED) is 0.573. The molecule has 0 heterocycles. The van der Waals surface area contributed by atoms with Gasteiger partial charge in [-0.25, -0.2) is 0 Å². The van der Waals surface area contributed by atoms with Gasteiger partial charge in [0, 0.05) is 6.42 Å². The van der Waals surface area contributed by atoms with Crippen molar-refractivity contribution in [2.75, 3.05) is 7.11 Å². The van der Waals surface area contributed by atoms with Crippen LogP contribution in [-0.4, -0.2) is 12.9 Å². The molecule has 1 radical (unpaired) electrons. The fourth-order valence-corrected chi connectivity index (χ4v) is 1.13. The number of Topliss-reactive ketones (excluding diaryl/α,β-unsaturated/α-hetero) is 1. The molecule has 0 fully saturated rings. The van der Waals surface area contributed by atoms with E-state index >= 15 is 0 Å². The lowest BCUT2D eigenvalue weighted by atomic mass is 9.80. The number of carbonyl (C=O) groups excluding carboxylic acids is 1. The monoisotopic (exact) mass is 153 g/mol. The lowest BCUT2D eigenvalue weighted by Crippen LogP contribution is -2.23. The summed E-state index contributed by atoms with van der Waals surface area (Å²) in [5, 5.41) is 0. The first-order valence-electron chi connectivity index (χ1n) is 3.69. The molecular formula is C9H13O2. The van der Waals surface area contributed by atoms with Crippen molar-refractivity contribution >= 4 is 5.78 Å². The molecule has 0 spiro atoms. The van der Waals surface area contributed by atoms with Crippen molar-refractivity contribution < 1.29 is 9.53 Å². The second-order valence-corrected chi connectivity index (χ2v) is 3.47. The van der Waals surface area contributed by atoms with Gasteiger partial charge >= 0.3 is 0 Å².